The van der Waals surface area contributed by atoms with E-state index in [2.05, 4.69) is 10.0 Å². The molecule has 22 heavy (non-hydrogen) atoms. The summed E-state index contributed by atoms with van der Waals surface area (Å²) in [7, 11) is -3.51. The fourth-order valence-electron chi connectivity index (χ4n) is 2.06. The summed E-state index contributed by atoms with van der Waals surface area (Å²) in [6, 6.07) is 8.97. The molecule has 118 valence electrons. The number of carbonyl (C=O) groups excluding carboxylic acids is 1. The molecule has 0 aliphatic carbocycles. The number of rotatable bonds is 6. The molecule has 1 heterocycles. The van der Waals surface area contributed by atoms with Crippen LogP contribution in [0.5, 0.6) is 0 Å². The summed E-state index contributed by atoms with van der Waals surface area (Å²) in [6.45, 7) is 3.98. The number of thiophene rings is 1. The highest BCUT2D eigenvalue weighted by Crippen LogP contribution is 2.16. The second-order valence-electron chi connectivity index (χ2n) is 5.00. The monoisotopic (exact) mass is 338 g/mol. The molecule has 2 rings (SSSR count). The summed E-state index contributed by atoms with van der Waals surface area (Å²) in [6.07, 6.45) is 0.0809. The molecule has 7 heteroatoms. The Kier molecular flexibility index (Phi) is 5.33. The number of aryl methyl sites for hydroxylation is 2. The normalized spacial score (nSPS) is 11.4. The van der Waals surface area contributed by atoms with Crippen molar-refractivity contribution < 1.29 is 13.2 Å². The third-order valence-corrected chi connectivity index (χ3v) is 5.77. The second-order valence-corrected chi connectivity index (χ2v) is 7.95. The minimum absolute atomic E-state index is 0.0663. The van der Waals surface area contributed by atoms with Gasteiger partial charge in [-0.15, -0.1) is 11.3 Å². The summed E-state index contributed by atoms with van der Waals surface area (Å²) >= 11 is 1.14. The van der Waals surface area contributed by atoms with E-state index in [-0.39, 0.29) is 23.1 Å². The van der Waals surface area contributed by atoms with Gasteiger partial charge in [0.1, 0.15) is 4.21 Å². The number of anilines is 1. The number of hydrogen-bond donors (Lipinski definition) is 2. The van der Waals surface area contributed by atoms with E-state index in [4.69, 9.17) is 0 Å². The molecule has 0 aliphatic rings. The van der Waals surface area contributed by atoms with Crippen LogP contribution in [0.4, 0.5) is 5.69 Å². The number of sulfonamides is 1. The van der Waals surface area contributed by atoms with Crippen molar-refractivity contribution in [1.29, 1.82) is 0 Å². The zero-order chi connectivity index (χ0) is 16.2. The minimum Gasteiger partial charge on any atom is -0.326 e. The lowest BCUT2D eigenvalue weighted by Crippen LogP contribution is -2.27. The van der Waals surface area contributed by atoms with Crippen LogP contribution in [0.25, 0.3) is 0 Å². The molecule has 0 saturated carbocycles. The largest absolute Gasteiger partial charge is 0.326 e. The lowest BCUT2D eigenvalue weighted by Gasteiger charge is -2.08. The first-order chi connectivity index (χ1) is 10.4. The highest BCUT2D eigenvalue weighted by molar-refractivity contribution is 7.91. The van der Waals surface area contributed by atoms with Crippen molar-refractivity contribution in [3.63, 3.8) is 0 Å². The lowest BCUT2D eigenvalue weighted by atomic mass is 10.1. The van der Waals surface area contributed by atoms with E-state index < -0.39 is 10.0 Å². The molecule has 0 saturated heterocycles. The quantitative estimate of drug-likeness (QED) is 0.850. The molecular weight excluding hydrogens is 320 g/mol. The molecule has 1 aromatic heterocycles. The van der Waals surface area contributed by atoms with Crippen LogP contribution < -0.4 is 10.0 Å². The predicted molar refractivity (Wildman–Crippen MR) is 88.7 cm³/mol. The van der Waals surface area contributed by atoms with Crippen molar-refractivity contribution in [3.8, 4) is 0 Å². The Morgan fingerprint density at radius 3 is 2.45 bits per heavy atom. The first kappa shape index (κ1) is 16.7. The third-order valence-electron chi connectivity index (χ3n) is 2.91. The van der Waals surface area contributed by atoms with E-state index in [0.29, 0.717) is 0 Å². The average molecular weight is 338 g/mol. The fraction of sp³-hybridized carbons (Fsp3) is 0.267. The molecule has 0 spiro atoms. The van der Waals surface area contributed by atoms with Crippen molar-refractivity contribution in [2.75, 3.05) is 11.9 Å². The van der Waals surface area contributed by atoms with Gasteiger partial charge in [0.2, 0.25) is 15.9 Å². The molecule has 0 atom stereocenters. The summed E-state index contributed by atoms with van der Waals surface area (Å²) in [5.41, 5.74) is 2.85. The van der Waals surface area contributed by atoms with Gasteiger partial charge in [-0.1, -0.05) is 12.1 Å². The van der Waals surface area contributed by atoms with E-state index in [9.17, 15) is 13.2 Å². The van der Waals surface area contributed by atoms with Gasteiger partial charge in [-0.05, 0) is 48.6 Å². The lowest BCUT2D eigenvalue weighted by molar-refractivity contribution is -0.116. The van der Waals surface area contributed by atoms with Crippen molar-refractivity contribution >= 4 is 33.0 Å². The van der Waals surface area contributed by atoms with Crippen LogP contribution in [0.15, 0.2) is 39.9 Å². The Labute approximate surface area is 134 Å². The number of carbonyl (C=O) groups is 1. The van der Waals surface area contributed by atoms with Gasteiger partial charge < -0.3 is 5.32 Å². The predicted octanol–water partition coefficient (Wildman–Crippen LogP) is 2.67. The third kappa shape index (κ3) is 4.66. The van der Waals surface area contributed by atoms with Crippen molar-refractivity contribution in [2.24, 2.45) is 0 Å². The van der Waals surface area contributed by atoms with Crippen LogP contribution in [0.1, 0.15) is 17.5 Å². The SMILES string of the molecule is Cc1cc(C)cc(NC(=O)CCNS(=O)(=O)c2cccs2)c1. The van der Waals surface area contributed by atoms with Crippen LogP contribution in [0.3, 0.4) is 0 Å². The van der Waals surface area contributed by atoms with Crippen LogP contribution >= 0.6 is 11.3 Å². The maximum Gasteiger partial charge on any atom is 0.250 e. The molecule has 0 fully saturated rings. The summed E-state index contributed by atoms with van der Waals surface area (Å²) in [5, 5.41) is 4.47. The zero-order valence-electron chi connectivity index (χ0n) is 12.4. The minimum atomic E-state index is -3.51. The Morgan fingerprint density at radius 2 is 1.86 bits per heavy atom. The van der Waals surface area contributed by atoms with E-state index in [0.717, 1.165) is 28.2 Å². The molecule has 0 unspecified atom stereocenters. The molecular formula is C15H18N2O3S2. The standard InChI is InChI=1S/C15H18N2O3S2/c1-11-8-12(2)10-13(9-11)17-14(18)5-6-16-22(19,20)15-4-3-7-21-15/h3-4,7-10,16H,5-6H2,1-2H3,(H,17,18). The average Bonchev–Trinajstić information content (AvgIpc) is 2.91. The molecule has 0 bridgehead atoms. The number of hydrogen-bond acceptors (Lipinski definition) is 4. The number of benzene rings is 1. The van der Waals surface area contributed by atoms with Crippen LogP contribution in [-0.4, -0.2) is 20.9 Å². The van der Waals surface area contributed by atoms with Gasteiger partial charge in [0, 0.05) is 18.7 Å². The van der Waals surface area contributed by atoms with E-state index >= 15 is 0 Å². The highest BCUT2D eigenvalue weighted by atomic mass is 32.2. The molecule has 1 aromatic carbocycles. The Hall–Kier alpha value is -1.70. The first-order valence-electron chi connectivity index (χ1n) is 6.78. The molecule has 2 N–H and O–H groups in total. The van der Waals surface area contributed by atoms with Gasteiger partial charge in [0.05, 0.1) is 0 Å². The molecule has 5 nitrogen and oxygen atoms in total. The molecule has 0 aliphatic heterocycles. The molecule has 1 amide bonds. The summed E-state index contributed by atoms with van der Waals surface area (Å²) in [5.74, 6) is -0.223. The maximum absolute atomic E-state index is 11.9. The smallest absolute Gasteiger partial charge is 0.250 e. The van der Waals surface area contributed by atoms with Crippen molar-refractivity contribution in [2.45, 2.75) is 24.5 Å². The van der Waals surface area contributed by atoms with Crippen molar-refractivity contribution in [3.05, 3.63) is 46.8 Å². The van der Waals surface area contributed by atoms with E-state index in [1.54, 1.807) is 11.4 Å². The Balaban J connectivity index is 1.86. The summed E-state index contributed by atoms with van der Waals surface area (Å²) < 4.78 is 26.5. The second kappa shape index (κ2) is 7.04. The van der Waals surface area contributed by atoms with Gasteiger partial charge in [0.15, 0.2) is 0 Å². The van der Waals surface area contributed by atoms with Gasteiger partial charge in [0.25, 0.3) is 0 Å². The maximum atomic E-state index is 11.9. The van der Waals surface area contributed by atoms with E-state index in [1.807, 2.05) is 32.0 Å². The van der Waals surface area contributed by atoms with Crippen LogP contribution in [0, 0.1) is 13.8 Å². The topological polar surface area (TPSA) is 75.3 Å². The number of nitrogens with one attached hydrogen (secondary N) is 2. The zero-order valence-corrected chi connectivity index (χ0v) is 14.1. The van der Waals surface area contributed by atoms with E-state index in [1.165, 1.54) is 6.07 Å². The molecule has 0 radical (unpaired) electrons. The number of amides is 1. The highest BCUT2D eigenvalue weighted by Gasteiger charge is 2.14. The van der Waals surface area contributed by atoms with Gasteiger partial charge in [-0.3, -0.25) is 4.79 Å². The van der Waals surface area contributed by atoms with Crippen molar-refractivity contribution in [1.82, 2.24) is 4.72 Å². The van der Waals surface area contributed by atoms with Crippen LogP contribution in [-0.2, 0) is 14.8 Å². The fourth-order valence-corrected chi connectivity index (χ4v) is 4.13. The van der Waals surface area contributed by atoms with Gasteiger partial charge in [-0.2, -0.15) is 0 Å². The van der Waals surface area contributed by atoms with Gasteiger partial charge in [-0.25, -0.2) is 13.1 Å². The Morgan fingerprint density at radius 1 is 1.18 bits per heavy atom. The van der Waals surface area contributed by atoms with Gasteiger partial charge >= 0.3 is 0 Å². The first-order valence-corrected chi connectivity index (χ1v) is 9.14. The van der Waals surface area contributed by atoms with Crippen LogP contribution in [0.2, 0.25) is 0 Å². The Bertz CT molecular complexity index is 733. The molecule has 2 aromatic rings. The summed E-state index contributed by atoms with van der Waals surface area (Å²) in [4.78, 5) is 11.9.